The van der Waals surface area contributed by atoms with Crippen molar-refractivity contribution in [2.24, 2.45) is 0 Å². The standard InChI is InChI=1S/C11H21ClN2O2/c1-10(13-11(15)3-2-4-12)9-14-5-7-16-8-6-14/h10H,2-9H2,1H3,(H,13,15). The van der Waals surface area contributed by atoms with Crippen molar-refractivity contribution in [2.45, 2.75) is 25.8 Å². The van der Waals surface area contributed by atoms with Crippen molar-refractivity contribution < 1.29 is 9.53 Å². The van der Waals surface area contributed by atoms with E-state index in [1.165, 1.54) is 0 Å². The molecule has 1 amide bonds. The van der Waals surface area contributed by atoms with E-state index in [2.05, 4.69) is 10.2 Å². The summed E-state index contributed by atoms with van der Waals surface area (Å²) >= 11 is 5.54. The molecule has 1 aliphatic rings. The van der Waals surface area contributed by atoms with Crippen LogP contribution >= 0.6 is 11.6 Å². The first-order chi connectivity index (χ1) is 7.72. The van der Waals surface area contributed by atoms with Crippen LogP contribution in [0.1, 0.15) is 19.8 Å². The number of morpholine rings is 1. The molecule has 0 aromatic carbocycles. The first-order valence-corrected chi connectivity index (χ1v) is 6.41. The van der Waals surface area contributed by atoms with Gasteiger partial charge in [0.15, 0.2) is 0 Å². The number of nitrogens with zero attached hydrogens (tertiary/aromatic N) is 1. The molecule has 0 aromatic rings. The Hall–Kier alpha value is -0.320. The van der Waals surface area contributed by atoms with Crippen LogP contribution in [0.2, 0.25) is 0 Å². The summed E-state index contributed by atoms with van der Waals surface area (Å²) in [5.41, 5.74) is 0. The molecule has 1 heterocycles. The van der Waals surface area contributed by atoms with Gasteiger partial charge in [-0.1, -0.05) is 0 Å². The van der Waals surface area contributed by atoms with Crippen LogP contribution in [-0.2, 0) is 9.53 Å². The van der Waals surface area contributed by atoms with E-state index in [1.54, 1.807) is 0 Å². The molecule has 0 aromatic heterocycles. The fraction of sp³-hybridized carbons (Fsp3) is 0.909. The molecular formula is C11H21ClN2O2. The number of ether oxygens (including phenoxy) is 1. The Morgan fingerprint density at radius 2 is 2.19 bits per heavy atom. The van der Waals surface area contributed by atoms with Gasteiger partial charge in [0.05, 0.1) is 13.2 Å². The van der Waals surface area contributed by atoms with Gasteiger partial charge in [0.2, 0.25) is 5.91 Å². The molecule has 1 aliphatic heterocycles. The summed E-state index contributed by atoms with van der Waals surface area (Å²) in [6, 6.07) is 0.195. The van der Waals surface area contributed by atoms with Gasteiger partial charge in [0, 0.05) is 38.0 Å². The molecule has 94 valence electrons. The second-order valence-corrected chi connectivity index (χ2v) is 4.55. The quantitative estimate of drug-likeness (QED) is 0.709. The Morgan fingerprint density at radius 3 is 2.81 bits per heavy atom. The molecule has 0 bridgehead atoms. The van der Waals surface area contributed by atoms with E-state index < -0.39 is 0 Å². The highest BCUT2D eigenvalue weighted by molar-refractivity contribution is 6.17. The van der Waals surface area contributed by atoms with Gasteiger partial charge in [-0.15, -0.1) is 11.6 Å². The second-order valence-electron chi connectivity index (χ2n) is 4.17. The first kappa shape index (κ1) is 13.7. The average Bonchev–Trinajstić information content (AvgIpc) is 2.27. The van der Waals surface area contributed by atoms with E-state index in [1.807, 2.05) is 6.92 Å². The van der Waals surface area contributed by atoms with Gasteiger partial charge in [-0.2, -0.15) is 0 Å². The second kappa shape index (κ2) is 7.87. The molecule has 4 nitrogen and oxygen atoms in total. The number of carbonyl (C=O) groups excluding carboxylic acids is 1. The topological polar surface area (TPSA) is 41.6 Å². The predicted octanol–water partition coefficient (Wildman–Crippen LogP) is 0.842. The lowest BCUT2D eigenvalue weighted by atomic mass is 10.2. The molecule has 16 heavy (non-hydrogen) atoms. The molecule has 0 saturated carbocycles. The lowest BCUT2D eigenvalue weighted by Crippen LogP contribution is -2.45. The Kier molecular flexibility index (Phi) is 6.76. The molecule has 1 atom stereocenters. The molecule has 0 radical (unpaired) electrons. The summed E-state index contributed by atoms with van der Waals surface area (Å²) in [5.74, 6) is 0.645. The average molecular weight is 249 g/mol. The van der Waals surface area contributed by atoms with E-state index in [-0.39, 0.29) is 11.9 Å². The minimum atomic E-state index is 0.0985. The van der Waals surface area contributed by atoms with Crippen LogP contribution < -0.4 is 5.32 Å². The predicted molar refractivity (Wildman–Crippen MR) is 64.8 cm³/mol. The summed E-state index contributed by atoms with van der Waals surface area (Å²) < 4.78 is 5.27. The van der Waals surface area contributed by atoms with Gasteiger partial charge in [-0.3, -0.25) is 9.69 Å². The molecule has 1 N–H and O–H groups in total. The summed E-state index contributed by atoms with van der Waals surface area (Å²) in [6.07, 6.45) is 1.27. The van der Waals surface area contributed by atoms with Gasteiger partial charge in [0.25, 0.3) is 0 Å². The van der Waals surface area contributed by atoms with Gasteiger partial charge in [-0.05, 0) is 13.3 Å². The zero-order valence-electron chi connectivity index (χ0n) is 9.88. The smallest absolute Gasteiger partial charge is 0.220 e. The Labute approximate surface area is 102 Å². The summed E-state index contributed by atoms with van der Waals surface area (Å²) in [6.45, 7) is 6.45. The highest BCUT2D eigenvalue weighted by Crippen LogP contribution is 1.99. The SMILES string of the molecule is CC(CN1CCOCC1)NC(=O)CCCCl. The Bertz CT molecular complexity index is 208. The third kappa shape index (κ3) is 5.68. The van der Waals surface area contributed by atoms with Crippen LogP contribution in [0.15, 0.2) is 0 Å². The van der Waals surface area contributed by atoms with Crippen molar-refractivity contribution in [3.8, 4) is 0 Å². The van der Waals surface area contributed by atoms with Crippen molar-refractivity contribution in [3.63, 3.8) is 0 Å². The summed E-state index contributed by atoms with van der Waals surface area (Å²) in [7, 11) is 0. The summed E-state index contributed by atoms with van der Waals surface area (Å²) in [4.78, 5) is 13.8. The number of hydrogen-bond donors (Lipinski definition) is 1. The molecular weight excluding hydrogens is 228 g/mol. The largest absolute Gasteiger partial charge is 0.379 e. The molecule has 0 spiro atoms. The highest BCUT2D eigenvalue weighted by Gasteiger charge is 2.14. The number of hydrogen-bond acceptors (Lipinski definition) is 3. The number of alkyl halides is 1. The first-order valence-electron chi connectivity index (χ1n) is 5.88. The fourth-order valence-electron chi connectivity index (χ4n) is 1.79. The maximum Gasteiger partial charge on any atom is 0.220 e. The molecule has 5 heteroatoms. The number of amides is 1. The summed E-state index contributed by atoms with van der Waals surface area (Å²) in [5, 5.41) is 2.98. The monoisotopic (exact) mass is 248 g/mol. The number of rotatable bonds is 6. The third-order valence-electron chi connectivity index (χ3n) is 2.58. The highest BCUT2D eigenvalue weighted by atomic mass is 35.5. The van der Waals surface area contributed by atoms with Crippen LogP contribution in [0.25, 0.3) is 0 Å². The minimum absolute atomic E-state index is 0.0985. The molecule has 1 rings (SSSR count). The number of nitrogens with one attached hydrogen (secondary N) is 1. The maximum atomic E-state index is 11.4. The zero-order chi connectivity index (χ0) is 11.8. The van der Waals surface area contributed by atoms with Crippen molar-refractivity contribution in [2.75, 3.05) is 38.7 Å². The van der Waals surface area contributed by atoms with E-state index in [9.17, 15) is 4.79 Å². The van der Waals surface area contributed by atoms with Crippen LogP contribution in [0.5, 0.6) is 0 Å². The van der Waals surface area contributed by atoms with Crippen LogP contribution in [-0.4, -0.2) is 55.6 Å². The van der Waals surface area contributed by atoms with E-state index in [4.69, 9.17) is 16.3 Å². The van der Waals surface area contributed by atoms with Crippen molar-refractivity contribution in [3.05, 3.63) is 0 Å². The van der Waals surface area contributed by atoms with Crippen molar-refractivity contribution >= 4 is 17.5 Å². The molecule has 1 saturated heterocycles. The Balaban J connectivity index is 2.13. The lowest BCUT2D eigenvalue weighted by Gasteiger charge is -2.29. The van der Waals surface area contributed by atoms with E-state index in [0.29, 0.717) is 12.3 Å². The number of halogens is 1. The molecule has 1 unspecified atom stereocenters. The Morgan fingerprint density at radius 1 is 1.50 bits per heavy atom. The van der Waals surface area contributed by atoms with Gasteiger partial charge >= 0.3 is 0 Å². The normalized spacial score (nSPS) is 19.4. The molecule has 1 fully saturated rings. The van der Waals surface area contributed by atoms with E-state index in [0.717, 1.165) is 39.3 Å². The third-order valence-corrected chi connectivity index (χ3v) is 2.85. The van der Waals surface area contributed by atoms with Crippen LogP contribution in [0.4, 0.5) is 0 Å². The molecule has 0 aliphatic carbocycles. The zero-order valence-corrected chi connectivity index (χ0v) is 10.6. The number of carbonyl (C=O) groups is 1. The van der Waals surface area contributed by atoms with Crippen molar-refractivity contribution in [1.29, 1.82) is 0 Å². The van der Waals surface area contributed by atoms with E-state index >= 15 is 0 Å². The fourth-order valence-corrected chi connectivity index (χ4v) is 1.92. The van der Waals surface area contributed by atoms with Gasteiger partial charge < -0.3 is 10.1 Å². The maximum absolute atomic E-state index is 11.4. The minimum Gasteiger partial charge on any atom is -0.379 e. The lowest BCUT2D eigenvalue weighted by molar-refractivity contribution is -0.121. The van der Waals surface area contributed by atoms with Crippen LogP contribution in [0.3, 0.4) is 0 Å². The van der Waals surface area contributed by atoms with Crippen molar-refractivity contribution in [1.82, 2.24) is 10.2 Å². The van der Waals surface area contributed by atoms with Crippen LogP contribution in [0, 0.1) is 0 Å². The van der Waals surface area contributed by atoms with Gasteiger partial charge in [0.1, 0.15) is 0 Å². The van der Waals surface area contributed by atoms with Gasteiger partial charge in [-0.25, -0.2) is 0 Å².